The van der Waals surface area contributed by atoms with Crippen LogP contribution in [-0.4, -0.2) is 17.4 Å². The summed E-state index contributed by atoms with van der Waals surface area (Å²) in [4.78, 5) is 23.3. The van der Waals surface area contributed by atoms with Crippen molar-refractivity contribution in [3.63, 3.8) is 0 Å². The van der Waals surface area contributed by atoms with E-state index in [0.29, 0.717) is 4.88 Å². The second kappa shape index (κ2) is 5.49. The highest BCUT2D eigenvalue weighted by atomic mass is 79.9. The van der Waals surface area contributed by atoms with E-state index < -0.39 is 11.4 Å². The average molecular weight is 384 g/mol. The monoisotopic (exact) mass is 382 g/mol. The van der Waals surface area contributed by atoms with Crippen molar-refractivity contribution < 1.29 is 9.59 Å². The van der Waals surface area contributed by atoms with Crippen LogP contribution in [0.3, 0.4) is 0 Å². The molecule has 0 aliphatic heterocycles. The van der Waals surface area contributed by atoms with Crippen molar-refractivity contribution in [2.24, 2.45) is 5.73 Å². The summed E-state index contributed by atoms with van der Waals surface area (Å²) in [5, 5.41) is 2.77. The lowest BCUT2D eigenvalue weighted by molar-refractivity contribution is -0.119. The quantitative estimate of drug-likeness (QED) is 0.838. The van der Waals surface area contributed by atoms with Crippen LogP contribution in [-0.2, 0) is 4.79 Å². The number of hydrogen-bond acceptors (Lipinski definition) is 3. The number of halogens is 2. The first kappa shape index (κ1) is 14.7. The zero-order valence-corrected chi connectivity index (χ0v) is 13.3. The predicted octanol–water partition coefficient (Wildman–Crippen LogP) is 2.66. The van der Waals surface area contributed by atoms with Gasteiger partial charge in [0.2, 0.25) is 5.91 Å². The SMILES string of the molecule is CC(C)(CC(N)=O)NC(=O)c1cc(Br)c(Br)s1. The van der Waals surface area contributed by atoms with Crippen molar-refractivity contribution in [1.82, 2.24) is 5.32 Å². The van der Waals surface area contributed by atoms with Crippen molar-refractivity contribution in [2.75, 3.05) is 0 Å². The van der Waals surface area contributed by atoms with Crippen LogP contribution in [0.2, 0.25) is 0 Å². The summed E-state index contributed by atoms with van der Waals surface area (Å²) in [6, 6.07) is 1.73. The molecule has 0 saturated heterocycles. The summed E-state index contributed by atoms with van der Waals surface area (Å²) in [7, 11) is 0. The van der Waals surface area contributed by atoms with Gasteiger partial charge in [-0.25, -0.2) is 0 Å². The second-order valence-corrected chi connectivity index (χ2v) is 7.44. The third-order valence-corrected chi connectivity index (χ3v) is 5.19. The van der Waals surface area contributed by atoms with Gasteiger partial charge in [-0.3, -0.25) is 9.59 Å². The van der Waals surface area contributed by atoms with Gasteiger partial charge in [0.25, 0.3) is 5.91 Å². The Morgan fingerprint density at radius 3 is 2.47 bits per heavy atom. The lowest BCUT2D eigenvalue weighted by Gasteiger charge is -2.24. The van der Waals surface area contributed by atoms with Crippen LogP contribution >= 0.6 is 43.2 Å². The van der Waals surface area contributed by atoms with Crippen molar-refractivity contribution in [2.45, 2.75) is 25.8 Å². The van der Waals surface area contributed by atoms with E-state index in [1.165, 1.54) is 11.3 Å². The van der Waals surface area contributed by atoms with E-state index in [1.807, 2.05) is 0 Å². The molecule has 1 rings (SSSR count). The molecule has 0 aliphatic rings. The fourth-order valence-corrected chi connectivity index (χ4v) is 3.24. The van der Waals surface area contributed by atoms with E-state index in [1.54, 1.807) is 19.9 Å². The smallest absolute Gasteiger partial charge is 0.261 e. The van der Waals surface area contributed by atoms with Crippen molar-refractivity contribution in [3.05, 3.63) is 19.2 Å². The molecule has 1 heterocycles. The standard InChI is InChI=1S/C10H12Br2N2O2S/c1-10(2,4-7(13)15)14-9(16)6-3-5(11)8(12)17-6/h3H,4H2,1-2H3,(H2,13,15)(H,14,16). The van der Waals surface area contributed by atoms with Crippen LogP contribution in [0.5, 0.6) is 0 Å². The lowest BCUT2D eigenvalue weighted by atomic mass is 10.0. The van der Waals surface area contributed by atoms with Crippen molar-refractivity contribution in [1.29, 1.82) is 0 Å². The zero-order valence-electron chi connectivity index (χ0n) is 9.34. The zero-order chi connectivity index (χ0) is 13.2. The number of amides is 2. The number of thiophene rings is 1. The molecule has 4 nitrogen and oxygen atoms in total. The molecule has 0 saturated carbocycles. The molecule has 0 radical (unpaired) electrons. The molecule has 1 aromatic rings. The summed E-state index contributed by atoms with van der Waals surface area (Å²) in [6.07, 6.45) is 0.104. The van der Waals surface area contributed by atoms with E-state index in [4.69, 9.17) is 5.73 Å². The summed E-state index contributed by atoms with van der Waals surface area (Å²) >= 11 is 7.96. The van der Waals surface area contributed by atoms with E-state index in [9.17, 15) is 9.59 Å². The molecule has 1 aromatic heterocycles. The average Bonchev–Trinajstić information content (AvgIpc) is 2.43. The molecule has 0 aromatic carbocycles. The first-order valence-electron chi connectivity index (χ1n) is 4.77. The van der Waals surface area contributed by atoms with Crippen LogP contribution < -0.4 is 11.1 Å². The number of nitrogens with two attached hydrogens (primary N) is 1. The Kier molecular flexibility index (Phi) is 4.74. The molecule has 0 atom stereocenters. The molecule has 0 aliphatic carbocycles. The third kappa shape index (κ3) is 4.40. The minimum Gasteiger partial charge on any atom is -0.370 e. The highest BCUT2D eigenvalue weighted by molar-refractivity contribution is 9.13. The Bertz CT molecular complexity index is 438. The van der Waals surface area contributed by atoms with Crippen LogP contribution in [0.4, 0.5) is 0 Å². The molecular weight excluding hydrogens is 372 g/mol. The van der Waals surface area contributed by atoms with E-state index >= 15 is 0 Å². The number of rotatable bonds is 4. The van der Waals surface area contributed by atoms with E-state index in [-0.39, 0.29) is 12.3 Å². The van der Waals surface area contributed by atoms with Gasteiger partial charge in [0.1, 0.15) is 0 Å². The normalized spacial score (nSPS) is 11.3. The van der Waals surface area contributed by atoms with Gasteiger partial charge in [0.15, 0.2) is 0 Å². The van der Waals surface area contributed by atoms with Gasteiger partial charge in [-0.05, 0) is 51.8 Å². The summed E-state index contributed by atoms with van der Waals surface area (Å²) in [5.41, 5.74) is 4.47. The molecule has 0 fully saturated rings. The maximum Gasteiger partial charge on any atom is 0.261 e. The fourth-order valence-electron chi connectivity index (χ4n) is 1.31. The van der Waals surface area contributed by atoms with Crippen LogP contribution in [0.25, 0.3) is 0 Å². The molecule has 2 amide bonds. The van der Waals surface area contributed by atoms with Crippen molar-refractivity contribution >= 4 is 55.0 Å². The predicted molar refractivity (Wildman–Crippen MR) is 75.1 cm³/mol. The first-order chi connectivity index (χ1) is 7.71. The summed E-state index contributed by atoms with van der Waals surface area (Å²) in [6.45, 7) is 3.51. The first-order valence-corrected chi connectivity index (χ1v) is 7.17. The number of nitrogens with one attached hydrogen (secondary N) is 1. The Morgan fingerprint density at radius 1 is 1.47 bits per heavy atom. The minimum absolute atomic E-state index is 0.104. The van der Waals surface area contributed by atoms with Gasteiger partial charge in [0, 0.05) is 16.4 Å². The van der Waals surface area contributed by atoms with Gasteiger partial charge >= 0.3 is 0 Å². The fraction of sp³-hybridized carbons (Fsp3) is 0.400. The van der Waals surface area contributed by atoms with Gasteiger partial charge in [-0.1, -0.05) is 0 Å². The van der Waals surface area contributed by atoms with Crippen LogP contribution in [0.1, 0.15) is 29.9 Å². The van der Waals surface area contributed by atoms with Gasteiger partial charge in [0.05, 0.1) is 8.66 Å². The van der Waals surface area contributed by atoms with E-state index in [0.717, 1.165) is 8.26 Å². The molecule has 0 bridgehead atoms. The lowest BCUT2D eigenvalue weighted by Crippen LogP contribution is -2.45. The Hall–Kier alpha value is -0.400. The van der Waals surface area contributed by atoms with E-state index in [2.05, 4.69) is 37.2 Å². The van der Waals surface area contributed by atoms with Gasteiger partial charge in [-0.15, -0.1) is 11.3 Å². The third-order valence-electron chi connectivity index (χ3n) is 1.94. The Morgan fingerprint density at radius 2 is 2.06 bits per heavy atom. The molecule has 7 heteroatoms. The van der Waals surface area contributed by atoms with Crippen LogP contribution in [0.15, 0.2) is 14.3 Å². The summed E-state index contributed by atoms with van der Waals surface area (Å²) in [5.74, 6) is -0.656. The number of hydrogen-bond donors (Lipinski definition) is 2. The van der Waals surface area contributed by atoms with Gasteiger partial charge < -0.3 is 11.1 Å². The highest BCUT2D eigenvalue weighted by Gasteiger charge is 2.24. The van der Waals surface area contributed by atoms with Crippen LogP contribution in [0, 0.1) is 0 Å². The largest absolute Gasteiger partial charge is 0.370 e. The molecule has 94 valence electrons. The van der Waals surface area contributed by atoms with Gasteiger partial charge in [-0.2, -0.15) is 0 Å². The number of primary amides is 1. The van der Waals surface area contributed by atoms with Crippen molar-refractivity contribution in [3.8, 4) is 0 Å². The maximum atomic E-state index is 11.9. The Labute approximate surface area is 120 Å². The number of carbonyl (C=O) groups excluding carboxylic acids is 2. The number of carbonyl (C=O) groups is 2. The molecule has 17 heavy (non-hydrogen) atoms. The molecule has 0 spiro atoms. The summed E-state index contributed by atoms with van der Waals surface area (Å²) < 4.78 is 1.69. The maximum absolute atomic E-state index is 11.9. The molecule has 0 unspecified atom stereocenters. The topological polar surface area (TPSA) is 72.2 Å². The molecule has 3 N–H and O–H groups in total. The Balaban J connectivity index is 2.75. The highest BCUT2D eigenvalue weighted by Crippen LogP contribution is 2.32. The second-order valence-electron chi connectivity index (χ2n) is 4.21. The minimum atomic E-state index is -0.647. The molecular formula is C10H12Br2N2O2S.